The third kappa shape index (κ3) is 10.0. The van der Waals surface area contributed by atoms with Gasteiger partial charge >= 0.3 is 0 Å². The molecule has 3 heteroatoms. The Balaban J connectivity index is 1.82. The molecule has 0 aromatic heterocycles. The first-order chi connectivity index (χ1) is 11.8. The predicted molar refractivity (Wildman–Crippen MR) is 106 cm³/mol. The van der Waals surface area contributed by atoms with E-state index in [9.17, 15) is 0 Å². The van der Waals surface area contributed by atoms with Gasteiger partial charge in [0.2, 0.25) is 0 Å². The summed E-state index contributed by atoms with van der Waals surface area (Å²) in [4.78, 5) is 2.22. The van der Waals surface area contributed by atoms with Crippen molar-refractivity contribution >= 4 is 0 Å². The molecule has 140 valence electrons. The van der Waals surface area contributed by atoms with Gasteiger partial charge in [0.25, 0.3) is 0 Å². The van der Waals surface area contributed by atoms with Crippen LogP contribution in [-0.2, 0) is 0 Å². The van der Waals surface area contributed by atoms with Gasteiger partial charge in [0.05, 0.1) is 12.3 Å². The van der Waals surface area contributed by atoms with Crippen LogP contribution < -0.4 is 11.1 Å². The minimum absolute atomic E-state index is 0.0998. The van der Waals surface area contributed by atoms with E-state index >= 15 is 0 Å². The van der Waals surface area contributed by atoms with E-state index in [-0.39, 0.29) is 6.17 Å². The molecule has 0 saturated heterocycles. The normalized spacial score (nSPS) is 18.5. The van der Waals surface area contributed by atoms with Crippen LogP contribution in [0.1, 0.15) is 97.3 Å². The van der Waals surface area contributed by atoms with Crippen molar-refractivity contribution in [1.29, 1.82) is 0 Å². The van der Waals surface area contributed by atoms with Gasteiger partial charge < -0.3 is 16.0 Å². The lowest BCUT2D eigenvalue weighted by molar-refractivity contribution is 0.208. The van der Waals surface area contributed by atoms with Crippen LogP contribution in [0.2, 0.25) is 0 Å². The average molecular weight is 336 g/mol. The molecule has 1 aliphatic heterocycles. The Morgan fingerprint density at radius 2 is 1.54 bits per heavy atom. The summed E-state index contributed by atoms with van der Waals surface area (Å²) >= 11 is 0. The summed E-state index contributed by atoms with van der Waals surface area (Å²) in [6, 6.07) is 0. The molecule has 2 atom stereocenters. The zero-order valence-electron chi connectivity index (χ0n) is 16.2. The summed E-state index contributed by atoms with van der Waals surface area (Å²) < 4.78 is 0. The van der Waals surface area contributed by atoms with Crippen molar-refractivity contribution in [2.24, 2.45) is 5.73 Å². The molecule has 0 aromatic rings. The molecule has 0 aromatic carbocycles. The molecule has 2 unspecified atom stereocenters. The van der Waals surface area contributed by atoms with E-state index in [0.717, 1.165) is 0 Å². The first-order valence-corrected chi connectivity index (χ1v) is 10.4. The van der Waals surface area contributed by atoms with Gasteiger partial charge in [-0.05, 0) is 39.0 Å². The van der Waals surface area contributed by atoms with Gasteiger partial charge in [-0.25, -0.2) is 0 Å². The van der Waals surface area contributed by atoms with Crippen LogP contribution in [0.25, 0.3) is 0 Å². The third-order valence-electron chi connectivity index (χ3n) is 4.85. The van der Waals surface area contributed by atoms with E-state index < -0.39 is 0 Å². The highest BCUT2D eigenvalue weighted by molar-refractivity contribution is 4.95. The van der Waals surface area contributed by atoms with Crippen LogP contribution in [0.15, 0.2) is 24.6 Å². The van der Waals surface area contributed by atoms with Crippen LogP contribution in [0.5, 0.6) is 0 Å². The highest BCUT2D eigenvalue weighted by Crippen LogP contribution is 2.16. The van der Waals surface area contributed by atoms with Gasteiger partial charge in [0.15, 0.2) is 0 Å². The van der Waals surface area contributed by atoms with Crippen molar-refractivity contribution in [2.75, 3.05) is 0 Å². The molecule has 3 N–H and O–H groups in total. The standard InChI is InChI=1S/C21H41N3/c1-3-4-5-6-7-8-9-10-11-12-13-14-15-16-17-21-23-18-19-24(21)20(2)22/h6-7,18-21,23H,3-5,8-17,22H2,1-2H3/b7-6+. The number of nitrogens with zero attached hydrogens (tertiary/aromatic N) is 1. The van der Waals surface area contributed by atoms with Crippen molar-refractivity contribution in [2.45, 2.75) is 110 Å². The van der Waals surface area contributed by atoms with E-state index in [1.165, 1.54) is 83.5 Å². The van der Waals surface area contributed by atoms with Gasteiger partial charge in [-0.15, -0.1) is 0 Å². The Kier molecular flexibility index (Phi) is 12.6. The first-order valence-electron chi connectivity index (χ1n) is 10.4. The van der Waals surface area contributed by atoms with Crippen LogP contribution in [0.3, 0.4) is 0 Å². The molecule has 1 aliphatic rings. The van der Waals surface area contributed by atoms with E-state index in [0.29, 0.717) is 6.17 Å². The highest BCUT2D eigenvalue weighted by Gasteiger charge is 2.20. The molecule has 0 fully saturated rings. The van der Waals surface area contributed by atoms with Crippen LogP contribution in [0.4, 0.5) is 0 Å². The van der Waals surface area contributed by atoms with Gasteiger partial charge in [-0.3, -0.25) is 0 Å². The molecular formula is C21H41N3. The van der Waals surface area contributed by atoms with E-state index in [2.05, 4.69) is 35.5 Å². The second-order valence-electron chi connectivity index (χ2n) is 7.21. The number of hydrogen-bond donors (Lipinski definition) is 2. The SMILES string of the molecule is CCCC/C=C/CCCCCCCCCCC1NC=CN1C(C)N. The average Bonchev–Trinajstić information content (AvgIpc) is 3.04. The summed E-state index contributed by atoms with van der Waals surface area (Å²) in [6.45, 7) is 4.30. The monoisotopic (exact) mass is 335 g/mol. The zero-order valence-corrected chi connectivity index (χ0v) is 16.2. The second kappa shape index (κ2) is 14.4. The topological polar surface area (TPSA) is 41.3 Å². The molecule has 0 amide bonds. The van der Waals surface area contributed by atoms with Crippen molar-refractivity contribution in [3.05, 3.63) is 24.6 Å². The third-order valence-corrected chi connectivity index (χ3v) is 4.85. The lowest BCUT2D eigenvalue weighted by Crippen LogP contribution is -2.44. The highest BCUT2D eigenvalue weighted by atomic mass is 15.3. The Morgan fingerprint density at radius 1 is 0.958 bits per heavy atom. The van der Waals surface area contributed by atoms with Crippen LogP contribution in [-0.4, -0.2) is 17.2 Å². The van der Waals surface area contributed by atoms with Gasteiger partial charge in [-0.1, -0.05) is 70.4 Å². The van der Waals surface area contributed by atoms with Gasteiger partial charge in [-0.2, -0.15) is 0 Å². The summed E-state index contributed by atoms with van der Waals surface area (Å²) in [5, 5.41) is 3.39. The van der Waals surface area contributed by atoms with Gasteiger partial charge in [0.1, 0.15) is 0 Å². The fraction of sp³-hybridized carbons (Fsp3) is 0.810. The van der Waals surface area contributed by atoms with E-state index in [1.54, 1.807) is 0 Å². The van der Waals surface area contributed by atoms with Crippen LogP contribution >= 0.6 is 0 Å². The number of unbranched alkanes of at least 4 members (excludes halogenated alkanes) is 10. The molecule has 0 bridgehead atoms. The quantitative estimate of drug-likeness (QED) is 0.300. The maximum Gasteiger partial charge on any atom is 0.0995 e. The van der Waals surface area contributed by atoms with E-state index in [1.807, 2.05) is 13.1 Å². The molecule has 1 heterocycles. The Labute approximate surface area is 150 Å². The Hall–Kier alpha value is -0.960. The maximum atomic E-state index is 5.97. The number of nitrogens with two attached hydrogens (primary N) is 1. The lowest BCUT2D eigenvalue weighted by atomic mass is 10.1. The van der Waals surface area contributed by atoms with Crippen molar-refractivity contribution < 1.29 is 0 Å². The number of rotatable bonds is 15. The molecule has 24 heavy (non-hydrogen) atoms. The van der Waals surface area contributed by atoms with Crippen molar-refractivity contribution in [1.82, 2.24) is 10.2 Å². The minimum atomic E-state index is 0.0998. The Morgan fingerprint density at radius 3 is 2.17 bits per heavy atom. The lowest BCUT2D eigenvalue weighted by Gasteiger charge is -2.28. The summed E-state index contributed by atoms with van der Waals surface area (Å²) in [5.41, 5.74) is 5.97. The summed E-state index contributed by atoms with van der Waals surface area (Å²) in [6.07, 6.45) is 26.8. The molecule has 0 spiro atoms. The largest absolute Gasteiger partial charge is 0.370 e. The zero-order chi connectivity index (χ0) is 17.5. The molecule has 0 radical (unpaired) electrons. The second-order valence-corrected chi connectivity index (χ2v) is 7.21. The number of allylic oxidation sites excluding steroid dienone is 2. The fourth-order valence-corrected chi connectivity index (χ4v) is 3.30. The molecule has 1 rings (SSSR count). The molecular weight excluding hydrogens is 294 g/mol. The Bertz CT molecular complexity index is 336. The summed E-state index contributed by atoms with van der Waals surface area (Å²) in [7, 11) is 0. The first kappa shape index (κ1) is 21.1. The number of hydrogen-bond acceptors (Lipinski definition) is 3. The number of nitrogens with one attached hydrogen (secondary N) is 1. The molecule has 0 aliphatic carbocycles. The predicted octanol–water partition coefficient (Wildman–Crippen LogP) is 5.64. The molecule has 0 saturated carbocycles. The van der Waals surface area contributed by atoms with Gasteiger partial charge in [0, 0.05) is 12.4 Å². The smallest absolute Gasteiger partial charge is 0.0995 e. The van der Waals surface area contributed by atoms with Crippen molar-refractivity contribution in [3.8, 4) is 0 Å². The van der Waals surface area contributed by atoms with Crippen molar-refractivity contribution in [3.63, 3.8) is 0 Å². The minimum Gasteiger partial charge on any atom is -0.370 e. The van der Waals surface area contributed by atoms with E-state index in [4.69, 9.17) is 5.73 Å². The summed E-state index contributed by atoms with van der Waals surface area (Å²) in [5.74, 6) is 0. The van der Waals surface area contributed by atoms with Crippen LogP contribution in [0, 0.1) is 0 Å². The molecule has 3 nitrogen and oxygen atoms in total. The maximum absolute atomic E-state index is 5.97. The fourth-order valence-electron chi connectivity index (χ4n) is 3.30.